The summed E-state index contributed by atoms with van der Waals surface area (Å²) in [4.78, 5) is 26.9. The molecule has 39 heavy (non-hydrogen) atoms. The zero-order chi connectivity index (χ0) is 28.7. The number of benzene rings is 2. The van der Waals surface area contributed by atoms with Gasteiger partial charge < -0.3 is 30.7 Å². The average Bonchev–Trinajstić information content (AvgIpc) is 2.84. The Kier molecular flexibility index (Phi) is 9.71. The number of hydrogen-bond acceptors (Lipinski definition) is 6. The van der Waals surface area contributed by atoms with Crippen LogP contribution < -0.4 is 16.0 Å². The number of likely N-dealkylation sites (N-methyl/N-ethyl adjacent to an activating group) is 1. The summed E-state index contributed by atoms with van der Waals surface area (Å²) < 4.78 is 60.8. The van der Waals surface area contributed by atoms with Gasteiger partial charge in [0, 0.05) is 42.2 Å². The van der Waals surface area contributed by atoms with Crippen LogP contribution in [0, 0.1) is 5.82 Å². The summed E-state index contributed by atoms with van der Waals surface area (Å²) in [6.07, 6.45) is -3.25. The highest BCUT2D eigenvalue weighted by Crippen LogP contribution is 2.32. The van der Waals surface area contributed by atoms with Crippen LogP contribution in [0.4, 0.5) is 23.2 Å². The van der Waals surface area contributed by atoms with E-state index in [0.29, 0.717) is 42.2 Å². The Morgan fingerprint density at radius 3 is 2.54 bits per heavy atom. The van der Waals surface area contributed by atoms with E-state index in [1.165, 1.54) is 24.4 Å². The Labute approximate surface area is 223 Å². The predicted octanol–water partition coefficient (Wildman–Crippen LogP) is 3.50. The van der Waals surface area contributed by atoms with E-state index in [1.54, 1.807) is 32.0 Å². The SMILES string of the molecule is CCOC1=CC(O)NC=C1c1ccc(CC(=O)Nc2cc(C(=O)NCCN(C)C)cc(C(F)(F)F)c2)c(F)c1. The Morgan fingerprint density at radius 1 is 1.15 bits per heavy atom. The standard InChI is InChI=1S/C27H30F4N4O4/c1-4-39-23-14-24(36)33-15-21(23)16-5-6-17(22(28)11-16)12-25(37)34-20-10-18(9-19(13-20)27(29,30)31)26(38)32-7-8-35(2)3/h5-6,9-11,13-15,24,33,36H,4,7-8,12H2,1-3H3,(H,32,38)(H,34,37). The molecule has 210 valence electrons. The molecule has 2 aromatic carbocycles. The van der Waals surface area contributed by atoms with Gasteiger partial charge in [0.25, 0.3) is 5.91 Å². The molecule has 0 spiro atoms. The molecule has 1 atom stereocenters. The summed E-state index contributed by atoms with van der Waals surface area (Å²) in [6.45, 7) is 2.79. The van der Waals surface area contributed by atoms with Gasteiger partial charge in [-0.15, -0.1) is 0 Å². The number of nitrogens with zero attached hydrogens (tertiary/aromatic N) is 1. The van der Waals surface area contributed by atoms with E-state index < -0.39 is 42.0 Å². The summed E-state index contributed by atoms with van der Waals surface area (Å²) >= 11 is 0. The van der Waals surface area contributed by atoms with Crippen molar-refractivity contribution in [1.29, 1.82) is 0 Å². The Hall–Kier alpha value is -3.90. The molecule has 3 rings (SSSR count). The molecule has 0 bridgehead atoms. The van der Waals surface area contributed by atoms with Crippen LogP contribution in [0.3, 0.4) is 0 Å². The van der Waals surface area contributed by atoms with Crippen molar-refractivity contribution in [1.82, 2.24) is 15.5 Å². The quantitative estimate of drug-likeness (QED) is 0.338. The molecular formula is C27H30F4N4O4. The van der Waals surface area contributed by atoms with E-state index >= 15 is 0 Å². The van der Waals surface area contributed by atoms with Crippen LogP contribution in [0.15, 0.2) is 54.4 Å². The van der Waals surface area contributed by atoms with Crippen LogP contribution in [-0.4, -0.2) is 61.8 Å². The Bertz CT molecular complexity index is 1270. The van der Waals surface area contributed by atoms with E-state index in [9.17, 15) is 32.3 Å². The van der Waals surface area contributed by atoms with E-state index in [2.05, 4.69) is 16.0 Å². The van der Waals surface area contributed by atoms with Crippen molar-refractivity contribution in [3.8, 4) is 0 Å². The second kappa shape index (κ2) is 12.8. The van der Waals surface area contributed by atoms with Crippen LogP contribution >= 0.6 is 0 Å². The van der Waals surface area contributed by atoms with Gasteiger partial charge >= 0.3 is 6.18 Å². The van der Waals surface area contributed by atoms with Crippen LogP contribution in [0.2, 0.25) is 0 Å². The van der Waals surface area contributed by atoms with Gasteiger partial charge in [0.15, 0.2) is 0 Å². The molecule has 0 saturated carbocycles. The van der Waals surface area contributed by atoms with Gasteiger partial charge in [-0.05, 0) is 56.4 Å². The number of aliphatic hydroxyl groups excluding tert-OH is 1. The molecule has 8 nitrogen and oxygen atoms in total. The van der Waals surface area contributed by atoms with Crippen molar-refractivity contribution < 1.29 is 37.0 Å². The van der Waals surface area contributed by atoms with E-state index in [0.717, 1.165) is 6.07 Å². The van der Waals surface area contributed by atoms with Crippen molar-refractivity contribution in [2.45, 2.75) is 25.7 Å². The fourth-order valence-corrected chi connectivity index (χ4v) is 3.75. The molecule has 1 aliphatic heterocycles. The van der Waals surface area contributed by atoms with Crippen LogP contribution in [0.1, 0.15) is 34.0 Å². The lowest BCUT2D eigenvalue weighted by Crippen LogP contribution is -2.31. The Morgan fingerprint density at radius 2 is 1.90 bits per heavy atom. The number of carbonyl (C=O) groups excluding carboxylic acids is 2. The maximum absolute atomic E-state index is 14.9. The van der Waals surface area contributed by atoms with Crippen molar-refractivity contribution in [3.63, 3.8) is 0 Å². The summed E-state index contributed by atoms with van der Waals surface area (Å²) in [5.74, 6) is -1.84. The van der Waals surface area contributed by atoms with Crippen LogP contribution in [-0.2, 0) is 22.1 Å². The third-order valence-corrected chi connectivity index (χ3v) is 5.64. The molecular weight excluding hydrogens is 520 g/mol. The number of hydrogen-bond donors (Lipinski definition) is 4. The third kappa shape index (κ3) is 8.29. The minimum Gasteiger partial charge on any atom is -0.493 e. The number of dihydropyridines is 1. The molecule has 0 saturated heterocycles. The number of carbonyl (C=O) groups is 2. The van der Waals surface area contributed by atoms with E-state index in [-0.39, 0.29) is 23.4 Å². The molecule has 4 N–H and O–H groups in total. The van der Waals surface area contributed by atoms with Gasteiger partial charge in [-0.1, -0.05) is 12.1 Å². The highest BCUT2D eigenvalue weighted by molar-refractivity contribution is 5.98. The normalized spacial score (nSPS) is 15.3. The van der Waals surface area contributed by atoms with Crippen LogP contribution in [0.5, 0.6) is 0 Å². The number of anilines is 1. The minimum absolute atomic E-state index is 0.0104. The summed E-state index contributed by atoms with van der Waals surface area (Å²) in [6, 6.07) is 6.70. The second-order valence-electron chi connectivity index (χ2n) is 9.02. The molecule has 2 amide bonds. The van der Waals surface area contributed by atoms with Gasteiger partial charge in [-0.2, -0.15) is 13.2 Å². The van der Waals surface area contributed by atoms with Gasteiger partial charge in [-0.25, -0.2) is 4.39 Å². The van der Waals surface area contributed by atoms with Gasteiger partial charge in [0.05, 0.1) is 18.6 Å². The first-order valence-corrected chi connectivity index (χ1v) is 12.1. The Balaban J connectivity index is 1.76. The topological polar surface area (TPSA) is 103 Å². The molecule has 12 heteroatoms. The fourth-order valence-electron chi connectivity index (χ4n) is 3.75. The summed E-state index contributed by atoms with van der Waals surface area (Å²) in [7, 11) is 3.57. The first kappa shape index (κ1) is 29.7. The highest BCUT2D eigenvalue weighted by Gasteiger charge is 2.32. The summed E-state index contributed by atoms with van der Waals surface area (Å²) in [5, 5.41) is 17.3. The average molecular weight is 551 g/mol. The molecule has 1 heterocycles. The molecule has 0 fully saturated rings. The number of halogens is 4. The second-order valence-corrected chi connectivity index (χ2v) is 9.02. The lowest BCUT2D eigenvalue weighted by molar-refractivity contribution is -0.137. The maximum atomic E-state index is 14.9. The number of aliphatic hydroxyl groups is 1. The largest absolute Gasteiger partial charge is 0.493 e. The van der Waals surface area contributed by atoms with E-state index in [1.807, 2.05) is 0 Å². The monoisotopic (exact) mass is 550 g/mol. The maximum Gasteiger partial charge on any atom is 0.416 e. The fraction of sp³-hybridized carbons (Fsp3) is 0.333. The lowest BCUT2D eigenvalue weighted by Gasteiger charge is -2.21. The summed E-state index contributed by atoms with van der Waals surface area (Å²) in [5.41, 5.74) is -0.682. The first-order chi connectivity index (χ1) is 18.4. The smallest absolute Gasteiger partial charge is 0.416 e. The van der Waals surface area contributed by atoms with Gasteiger partial charge in [0.2, 0.25) is 5.91 Å². The predicted molar refractivity (Wildman–Crippen MR) is 138 cm³/mol. The number of allylic oxidation sites excluding steroid dienone is 1. The zero-order valence-electron chi connectivity index (χ0n) is 21.7. The number of rotatable bonds is 10. The number of ether oxygens (including phenoxy) is 1. The number of alkyl halides is 3. The van der Waals surface area contributed by atoms with Crippen molar-refractivity contribution in [2.75, 3.05) is 39.1 Å². The molecule has 1 unspecified atom stereocenters. The van der Waals surface area contributed by atoms with Crippen molar-refractivity contribution in [2.24, 2.45) is 0 Å². The molecule has 0 radical (unpaired) electrons. The number of nitrogens with one attached hydrogen (secondary N) is 3. The number of amides is 2. The van der Waals surface area contributed by atoms with Gasteiger partial charge in [-0.3, -0.25) is 9.59 Å². The van der Waals surface area contributed by atoms with Crippen molar-refractivity contribution >= 4 is 23.1 Å². The first-order valence-electron chi connectivity index (χ1n) is 12.1. The molecule has 0 aromatic heterocycles. The molecule has 1 aliphatic rings. The molecule has 0 aliphatic carbocycles. The van der Waals surface area contributed by atoms with Crippen molar-refractivity contribution in [3.05, 3.63) is 82.5 Å². The van der Waals surface area contributed by atoms with Gasteiger partial charge in [0.1, 0.15) is 17.8 Å². The molecule has 2 aromatic rings. The minimum atomic E-state index is -4.76. The zero-order valence-corrected chi connectivity index (χ0v) is 21.7. The third-order valence-electron chi connectivity index (χ3n) is 5.64. The highest BCUT2D eigenvalue weighted by atomic mass is 19.4. The van der Waals surface area contributed by atoms with E-state index in [4.69, 9.17) is 4.74 Å². The lowest BCUT2D eigenvalue weighted by atomic mass is 9.99. The van der Waals surface area contributed by atoms with Crippen LogP contribution in [0.25, 0.3) is 5.57 Å².